The number of hydrogen-bond acceptors (Lipinski definition) is 3. The number of aromatic amines is 1. The summed E-state index contributed by atoms with van der Waals surface area (Å²) in [5.74, 6) is -0.0424. The molecule has 2 rings (SSSR count). The van der Waals surface area contributed by atoms with Gasteiger partial charge < -0.3 is 15.4 Å². The predicted molar refractivity (Wildman–Crippen MR) is 60.1 cm³/mol. The van der Waals surface area contributed by atoms with E-state index in [0.717, 1.165) is 11.0 Å². The van der Waals surface area contributed by atoms with E-state index < -0.39 is 0 Å². The minimum Gasteiger partial charge on any atom is -0.394 e. The maximum atomic E-state index is 11.7. The fraction of sp³-hybridized carbons (Fsp3) is 0.273. The summed E-state index contributed by atoms with van der Waals surface area (Å²) in [6.07, 6.45) is 0. The smallest absolute Gasteiger partial charge is 0.287 e. The van der Waals surface area contributed by atoms with E-state index in [0.29, 0.717) is 0 Å². The highest BCUT2D eigenvalue weighted by Gasteiger charge is 2.12. The summed E-state index contributed by atoms with van der Waals surface area (Å²) in [5, 5.41) is 11.4. The molecule has 1 amide bonds. The first-order chi connectivity index (χ1) is 7.70. The molecule has 0 aliphatic heterocycles. The largest absolute Gasteiger partial charge is 0.394 e. The van der Waals surface area contributed by atoms with Gasteiger partial charge in [0, 0.05) is 6.04 Å². The lowest BCUT2D eigenvalue weighted by atomic mass is 10.3. The average Bonchev–Trinajstić information content (AvgIpc) is 2.72. The zero-order chi connectivity index (χ0) is 11.5. The summed E-state index contributed by atoms with van der Waals surface area (Å²) >= 11 is 0. The number of fused-ring (bicyclic) bond motifs is 1. The molecule has 0 fully saturated rings. The Kier molecular flexibility index (Phi) is 2.87. The van der Waals surface area contributed by atoms with Gasteiger partial charge in [-0.1, -0.05) is 12.1 Å². The summed E-state index contributed by atoms with van der Waals surface area (Å²) in [4.78, 5) is 18.7. The summed E-state index contributed by atoms with van der Waals surface area (Å²) < 4.78 is 0. The van der Waals surface area contributed by atoms with Gasteiger partial charge in [0.2, 0.25) is 0 Å². The third kappa shape index (κ3) is 2.04. The number of nitrogens with zero attached hydrogens (tertiary/aromatic N) is 1. The number of rotatable bonds is 3. The van der Waals surface area contributed by atoms with E-state index in [4.69, 9.17) is 5.11 Å². The van der Waals surface area contributed by atoms with Crippen molar-refractivity contribution in [3.05, 3.63) is 30.1 Å². The highest BCUT2D eigenvalue weighted by atomic mass is 16.3. The first kappa shape index (κ1) is 10.6. The van der Waals surface area contributed by atoms with Crippen LogP contribution in [0, 0.1) is 0 Å². The van der Waals surface area contributed by atoms with Gasteiger partial charge in [-0.05, 0) is 19.1 Å². The number of imidazole rings is 1. The average molecular weight is 219 g/mol. The monoisotopic (exact) mass is 219 g/mol. The minimum absolute atomic E-state index is 0.0913. The summed E-state index contributed by atoms with van der Waals surface area (Å²) in [6.45, 7) is 1.63. The second-order valence-electron chi connectivity index (χ2n) is 3.66. The number of hydrogen-bond donors (Lipinski definition) is 3. The molecule has 1 aromatic carbocycles. The second-order valence-corrected chi connectivity index (χ2v) is 3.66. The molecule has 1 heterocycles. The molecule has 1 atom stereocenters. The zero-order valence-corrected chi connectivity index (χ0v) is 8.90. The first-order valence-electron chi connectivity index (χ1n) is 5.07. The van der Waals surface area contributed by atoms with Crippen LogP contribution in [0.25, 0.3) is 11.0 Å². The molecule has 3 N–H and O–H groups in total. The fourth-order valence-corrected chi connectivity index (χ4v) is 1.40. The molecule has 0 bridgehead atoms. The number of nitrogens with one attached hydrogen (secondary N) is 2. The third-order valence-electron chi connectivity index (χ3n) is 2.26. The number of aliphatic hydroxyl groups is 1. The number of aliphatic hydroxyl groups excluding tert-OH is 1. The number of H-pyrrole nitrogens is 1. The minimum atomic E-state index is -0.308. The van der Waals surface area contributed by atoms with Crippen LogP contribution in [0.5, 0.6) is 0 Å². The van der Waals surface area contributed by atoms with Gasteiger partial charge in [0.25, 0.3) is 5.91 Å². The topological polar surface area (TPSA) is 78.0 Å². The number of carbonyl (C=O) groups is 1. The van der Waals surface area contributed by atoms with Crippen LogP contribution in [-0.2, 0) is 0 Å². The van der Waals surface area contributed by atoms with Crippen molar-refractivity contribution in [3.63, 3.8) is 0 Å². The van der Waals surface area contributed by atoms with Crippen LogP contribution >= 0.6 is 0 Å². The Morgan fingerprint density at radius 1 is 1.56 bits per heavy atom. The summed E-state index contributed by atoms with van der Waals surface area (Å²) in [6, 6.07) is 7.15. The molecule has 0 aliphatic rings. The van der Waals surface area contributed by atoms with Crippen molar-refractivity contribution in [1.82, 2.24) is 15.3 Å². The zero-order valence-electron chi connectivity index (χ0n) is 8.90. The van der Waals surface area contributed by atoms with Gasteiger partial charge in [0.15, 0.2) is 5.82 Å². The number of benzene rings is 1. The van der Waals surface area contributed by atoms with E-state index >= 15 is 0 Å². The fourth-order valence-electron chi connectivity index (χ4n) is 1.40. The van der Waals surface area contributed by atoms with Gasteiger partial charge >= 0.3 is 0 Å². The van der Waals surface area contributed by atoms with Gasteiger partial charge in [-0.3, -0.25) is 4.79 Å². The van der Waals surface area contributed by atoms with Crippen LogP contribution in [0.2, 0.25) is 0 Å². The maximum Gasteiger partial charge on any atom is 0.287 e. The van der Waals surface area contributed by atoms with Crippen molar-refractivity contribution in [2.45, 2.75) is 13.0 Å². The van der Waals surface area contributed by atoms with Gasteiger partial charge in [-0.15, -0.1) is 0 Å². The molecule has 0 saturated heterocycles. The van der Waals surface area contributed by atoms with Crippen molar-refractivity contribution < 1.29 is 9.90 Å². The Labute approximate surface area is 92.5 Å². The lowest BCUT2D eigenvalue weighted by Crippen LogP contribution is -2.35. The predicted octanol–water partition coefficient (Wildman–Crippen LogP) is 0.674. The van der Waals surface area contributed by atoms with Crippen LogP contribution in [-0.4, -0.2) is 33.6 Å². The van der Waals surface area contributed by atoms with E-state index in [1.165, 1.54) is 0 Å². The summed E-state index contributed by atoms with van der Waals surface area (Å²) in [7, 11) is 0. The van der Waals surface area contributed by atoms with Crippen LogP contribution < -0.4 is 5.32 Å². The molecule has 0 saturated carbocycles. The third-order valence-corrected chi connectivity index (χ3v) is 2.26. The Balaban J connectivity index is 2.23. The number of carbonyl (C=O) groups excluding carboxylic acids is 1. The van der Waals surface area contributed by atoms with Gasteiger partial charge in [0.1, 0.15) is 0 Å². The van der Waals surface area contributed by atoms with E-state index in [2.05, 4.69) is 15.3 Å². The highest BCUT2D eigenvalue weighted by Crippen LogP contribution is 2.09. The molecule has 0 spiro atoms. The quantitative estimate of drug-likeness (QED) is 0.710. The van der Waals surface area contributed by atoms with Crippen molar-refractivity contribution >= 4 is 16.9 Å². The molecule has 5 nitrogen and oxygen atoms in total. The Hall–Kier alpha value is -1.88. The van der Waals surface area contributed by atoms with Crippen LogP contribution in [0.15, 0.2) is 24.3 Å². The summed E-state index contributed by atoms with van der Waals surface area (Å²) in [5.41, 5.74) is 1.58. The number of para-hydroxylation sites is 2. The van der Waals surface area contributed by atoms with E-state index in [9.17, 15) is 4.79 Å². The molecule has 0 aliphatic carbocycles. The van der Waals surface area contributed by atoms with Crippen LogP contribution in [0.1, 0.15) is 17.5 Å². The van der Waals surface area contributed by atoms with Crippen molar-refractivity contribution in [2.75, 3.05) is 6.61 Å². The Morgan fingerprint density at radius 3 is 3.00 bits per heavy atom. The maximum absolute atomic E-state index is 11.7. The molecule has 1 aromatic heterocycles. The Bertz CT molecular complexity index is 474. The van der Waals surface area contributed by atoms with Crippen LogP contribution in [0.4, 0.5) is 0 Å². The number of aromatic nitrogens is 2. The van der Waals surface area contributed by atoms with Crippen molar-refractivity contribution in [2.24, 2.45) is 0 Å². The lowest BCUT2D eigenvalue weighted by molar-refractivity contribution is 0.0913. The van der Waals surface area contributed by atoms with Crippen LogP contribution in [0.3, 0.4) is 0 Å². The van der Waals surface area contributed by atoms with Crippen molar-refractivity contribution in [3.8, 4) is 0 Å². The molecule has 2 aromatic rings. The molecule has 0 radical (unpaired) electrons. The van der Waals surface area contributed by atoms with E-state index in [1.54, 1.807) is 6.92 Å². The first-order valence-corrected chi connectivity index (χ1v) is 5.07. The van der Waals surface area contributed by atoms with Gasteiger partial charge in [-0.25, -0.2) is 4.98 Å². The molecule has 5 heteroatoms. The standard InChI is InChI=1S/C11H13N3O2/c1-7(6-15)12-11(16)10-13-8-4-2-3-5-9(8)14-10/h2-5,7,15H,6H2,1H3,(H,12,16)(H,13,14). The van der Waals surface area contributed by atoms with Crippen molar-refractivity contribution in [1.29, 1.82) is 0 Å². The molecule has 16 heavy (non-hydrogen) atoms. The molecule has 84 valence electrons. The number of amides is 1. The van der Waals surface area contributed by atoms with E-state index in [1.807, 2.05) is 24.3 Å². The SMILES string of the molecule is CC(CO)NC(=O)c1nc2ccccc2[nH]1. The molecular weight excluding hydrogens is 206 g/mol. The van der Waals surface area contributed by atoms with Gasteiger partial charge in [0.05, 0.1) is 17.6 Å². The molecule has 1 unspecified atom stereocenters. The van der Waals surface area contributed by atoms with E-state index in [-0.39, 0.29) is 24.4 Å². The lowest BCUT2D eigenvalue weighted by Gasteiger charge is -2.08. The second kappa shape index (κ2) is 4.32. The van der Waals surface area contributed by atoms with Gasteiger partial charge in [-0.2, -0.15) is 0 Å². The Morgan fingerprint density at radius 2 is 2.31 bits per heavy atom. The highest BCUT2D eigenvalue weighted by molar-refractivity contribution is 5.94. The molecular formula is C11H13N3O2. The normalized spacial score (nSPS) is 12.6.